The van der Waals surface area contributed by atoms with Gasteiger partial charge in [-0.1, -0.05) is 42.5 Å². The summed E-state index contributed by atoms with van der Waals surface area (Å²) in [5.74, 6) is 0.00608. The van der Waals surface area contributed by atoms with E-state index in [1.54, 1.807) is 48.7 Å². The lowest BCUT2D eigenvalue weighted by molar-refractivity contribution is -0.0506. The molecule has 0 radical (unpaired) electrons. The first kappa shape index (κ1) is 22.4. The molecule has 3 heterocycles. The number of ether oxygens (including phenoxy) is 1. The second kappa shape index (κ2) is 8.41. The molecular formula is C25H23F3N4O2. The second-order valence-electron chi connectivity index (χ2n) is 8.73. The highest BCUT2D eigenvalue weighted by atomic mass is 19.3. The number of hydrogen-bond acceptors (Lipinski definition) is 5. The first-order valence-corrected chi connectivity index (χ1v) is 10.9. The highest BCUT2D eigenvalue weighted by Gasteiger charge is 2.35. The lowest BCUT2D eigenvalue weighted by Crippen LogP contribution is -2.33. The minimum Gasteiger partial charge on any atom is -0.434 e. The van der Waals surface area contributed by atoms with Crippen molar-refractivity contribution in [3.05, 3.63) is 83.2 Å². The third-order valence-corrected chi connectivity index (χ3v) is 5.95. The number of halogens is 3. The van der Waals surface area contributed by atoms with Crippen molar-refractivity contribution in [3.63, 3.8) is 0 Å². The molecule has 0 saturated heterocycles. The van der Waals surface area contributed by atoms with Crippen molar-refractivity contribution in [3.8, 4) is 17.0 Å². The maximum Gasteiger partial charge on any atom is 0.387 e. The molecule has 0 saturated carbocycles. The maximum atomic E-state index is 14.9. The first-order chi connectivity index (χ1) is 16.2. The topological polar surface area (TPSA) is 71.7 Å². The van der Waals surface area contributed by atoms with Crippen molar-refractivity contribution >= 4 is 5.65 Å². The van der Waals surface area contributed by atoms with Crippen LogP contribution in [0.3, 0.4) is 0 Å². The molecule has 2 atom stereocenters. The summed E-state index contributed by atoms with van der Waals surface area (Å²) in [6.45, 7) is 0.410. The Balaban J connectivity index is 1.63. The SMILES string of the molecule is CC(C)(O)c1ccc(-c2ccc3nc4c(n3n2)[C@H](c2ccccc2OC(F)F)NC[C@H]4F)cc1. The van der Waals surface area contributed by atoms with Crippen molar-refractivity contribution in [2.45, 2.75) is 38.3 Å². The summed E-state index contributed by atoms with van der Waals surface area (Å²) in [4.78, 5) is 4.45. The van der Waals surface area contributed by atoms with E-state index in [9.17, 15) is 18.3 Å². The first-order valence-electron chi connectivity index (χ1n) is 10.9. The van der Waals surface area contributed by atoms with Gasteiger partial charge < -0.3 is 15.2 Å². The fraction of sp³-hybridized carbons (Fsp3) is 0.280. The molecule has 6 nitrogen and oxygen atoms in total. The van der Waals surface area contributed by atoms with Gasteiger partial charge in [-0.15, -0.1) is 0 Å². The molecule has 1 aliphatic rings. The monoisotopic (exact) mass is 468 g/mol. The Labute approximate surface area is 194 Å². The van der Waals surface area contributed by atoms with Gasteiger partial charge in [-0.3, -0.25) is 0 Å². The average molecular weight is 468 g/mol. The van der Waals surface area contributed by atoms with Gasteiger partial charge in [0.2, 0.25) is 0 Å². The number of aromatic nitrogens is 3. The number of alkyl halides is 3. The molecule has 0 fully saturated rings. The van der Waals surface area contributed by atoms with Crippen LogP contribution in [0.4, 0.5) is 13.2 Å². The third-order valence-electron chi connectivity index (χ3n) is 5.95. The molecule has 2 aromatic heterocycles. The van der Waals surface area contributed by atoms with E-state index < -0.39 is 24.4 Å². The van der Waals surface area contributed by atoms with Gasteiger partial charge in [-0.2, -0.15) is 13.9 Å². The Morgan fingerprint density at radius 2 is 1.82 bits per heavy atom. The lowest BCUT2D eigenvalue weighted by atomic mass is 9.96. The molecule has 9 heteroatoms. The number of nitrogens with zero attached hydrogens (tertiary/aromatic N) is 3. The summed E-state index contributed by atoms with van der Waals surface area (Å²) < 4.78 is 47.2. The Bertz CT molecular complexity index is 1330. The zero-order valence-electron chi connectivity index (χ0n) is 18.5. The highest BCUT2D eigenvalue weighted by Crippen LogP contribution is 2.38. The molecule has 0 unspecified atom stereocenters. The lowest BCUT2D eigenvalue weighted by Gasteiger charge is -2.27. The largest absolute Gasteiger partial charge is 0.434 e. The van der Waals surface area contributed by atoms with E-state index in [1.165, 1.54) is 6.07 Å². The molecule has 5 rings (SSSR count). The molecule has 0 amide bonds. The van der Waals surface area contributed by atoms with E-state index in [2.05, 4.69) is 10.3 Å². The van der Waals surface area contributed by atoms with Gasteiger partial charge in [-0.25, -0.2) is 13.9 Å². The highest BCUT2D eigenvalue weighted by molar-refractivity contribution is 5.62. The molecule has 0 bridgehead atoms. The number of para-hydroxylation sites is 1. The van der Waals surface area contributed by atoms with Gasteiger partial charge in [0.05, 0.1) is 23.0 Å². The Hall–Kier alpha value is -3.43. The molecule has 0 spiro atoms. The Morgan fingerprint density at radius 1 is 1.09 bits per heavy atom. The minimum absolute atomic E-state index is 0.00608. The predicted octanol–water partition coefficient (Wildman–Crippen LogP) is 4.93. The number of benzene rings is 2. The summed E-state index contributed by atoms with van der Waals surface area (Å²) in [6.07, 6.45) is -1.37. The summed E-state index contributed by atoms with van der Waals surface area (Å²) >= 11 is 0. The fourth-order valence-corrected chi connectivity index (χ4v) is 4.27. The van der Waals surface area contributed by atoms with E-state index in [0.717, 1.165) is 11.1 Å². The van der Waals surface area contributed by atoms with Gasteiger partial charge in [-0.05, 0) is 37.6 Å². The van der Waals surface area contributed by atoms with E-state index in [-0.39, 0.29) is 18.0 Å². The van der Waals surface area contributed by atoms with Gasteiger partial charge in [0.25, 0.3) is 0 Å². The summed E-state index contributed by atoms with van der Waals surface area (Å²) in [7, 11) is 0. The van der Waals surface area contributed by atoms with Crippen molar-refractivity contribution < 1.29 is 23.0 Å². The molecular weight excluding hydrogens is 445 g/mol. The van der Waals surface area contributed by atoms with Crippen LogP contribution in [0, 0.1) is 0 Å². The van der Waals surface area contributed by atoms with E-state index in [0.29, 0.717) is 22.6 Å². The van der Waals surface area contributed by atoms with Crippen LogP contribution in [0.2, 0.25) is 0 Å². The van der Waals surface area contributed by atoms with Gasteiger partial charge in [0.15, 0.2) is 11.8 Å². The summed E-state index contributed by atoms with van der Waals surface area (Å²) in [5, 5.41) is 18.0. The van der Waals surface area contributed by atoms with Gasteiger partial charge in [0, 0.05) is 17.7 Å². The quantitative estimate of drug-likeness (QED) is 0.435. The Kier molecular flexibility index (Phi) is 5.53. The zero-order valence-corrected chi connectivity index (χ0v) is 18.5. The normalized spacial score (nSPS) is 18.3. The number of hydrogen-bond donors (Lipinski definition) is 2. The van der Waals surface area contributed by atoms with Gasteiger partial charge in [0.1, 0.15) is 11.4 Å². The van der Waals surface area contributed by atoms with E-state index >= 15 is 0 Å². The standard InChI is InChI=1S/C25H23F3N4O2/c1-25(2,33)15-9-7-14(8-10-15)18-11-12-20-30-22-17(26)13-29-21(23(22)32(20)31-18)16-5-3-4-6-19(16)34-24(27)28/h3-12,17,21,24,29,33H,13H2,1-2H3/t17-,21+/m1/s1. The van der Waals surface area contributed by atoms with Crippen LogP contribution >= 0.6 is 0 Å². The van der Waals surface area contributed by atoms with Crippen LogP contribution in [0.25, 0.3) is 16.9 Å². The van der Waals surface area contributed by atoms with Crippen LogP contribution in [0.5, 0.6) is 5.75 Å². The van der Waals surface area contributed by atoms with Crippen molar-refractivity contribution in [1.29, 1.82) is 0 Å². The molecule has 1 aliphatic heterocycles. The minimum atomic E-state index is -2.99. The predicted molar refractivity (Wildman–Crippen MR) is 120 cm³/mol. The van der Waals surface area contributed by atoms with E-state index in [4.69, 9.17) is 9.84 Å². The van der Waals surface area contributed by atoms with Crippen LogP contribution in [-0.2, 0) is 5.60 Å². The van der Waals surface area contributed by atoms with Crippen molar-refractivity contribution in [2.24, 2.45) is 0 Å². The van der Waals surface area contributed by atoms with Crippen LogP contribution in [0.1, 0.15) is 48.6 Å². The summed E-state index contributed by atoms with van der Waals surface area (Å²) in [6, 6.07) is 16.7. The van der Waals surface area contributed by atoms with Crippen LogP contribution in [0.15, 0.2) is 60.7 Å². The zero-order chi connectivity index (χ0) is 24.0. The van der Waals surface area contributed by atoms with Crippen molar-refractivity contribution in [1.82, 2.24) is 19.9 Å². The van der Waals surface area contributed by atoms with E-state index in [1.807, 2.05) is 24.3 Å². The number of aliphatic hydroxyl groups is 1. The molecule has 176 valence electrons. The number of fused-ring (bicyclic) bond motifs is 3. The molecule has 2 aromatic carbocycles. The summed E-state index contributed by atoms with van der Waals surface area (Å²) in [5.41, 5.74) is 2.76. The molecule has 4 aromatic rings. The van der Waals surface area contributed by atoms with Crippen molar-refractivity contribution in [2.75, 3.05) is 6.54 Å². The van der Waals surface area contributed by atoms with Gasteiger partial charge >= 0.3 is 6.61 Å². The maximum absolute atomic E-state index is 14.9. The fourth-order valence-electron chi connectivity index (χ4n) is 4.27. The van der Waals surface area contributed by atoms with Crippen LogP contribution < -0.4 is 10.1 Å². The number of rotatable bonds is 5. The molecule has 2 N–H and O–H groups in total. The third kappa shape index (κ3) is 4.01. The smallest absolute Gasteiger partial charge is 0.387 e. The molecule has 34 heavy (non-hydrogen) atoms. The number of imidazole rings is 1. The number of nitrogens with one attached hydrogen (secondary N) is 1. The Morgan fingerprint density at radius 3 is 2.53 bits per heavy atom. The van der Waals surface area contributed by atoms with Crippen LogP contribution in [-0.4, -0.2) is 32.9 Å². The average Bonchev–Trinajstić information content (AvgIpc) is 3.19. The molecule has 0 aliphatic carbocycles. The second-order valence-corrected chi connectivity index (χ2v) is 8.73.